The number of carbonyl (C=O) groups is 1. The maximum atomic E-state index is 12.7. The molecule has 2 aromatic rings. The minimum atomic E-state index is -4.50. The van der Waals surface area contributed by atoms with Gasteiger partial charge in [-0.15, -0.1) is 0 Å². The Morgan fingerprint density at radius 2 is 1.96 bits per heavy atom. The molecule has 9 heteroatoms. The summed E-state index contributed by atoms with van der Waals surface area (Å²) in [6, 6.07) is 4.33. The van der Waals surface area contributed by atoms with Crippen LogP contribution >= 0.6 is 0 Å². The number of aliphatic hydroxyl groups excluding tert-OH is 1. The molecule has 0 fully saturated rings. The van der Waals surface area contributed by atoms with Gasteiger partial charge in [-0.25, -0.2) is 9.97 Å². The molecule has 1 amide bonds. The zero-order valence-corrected chi connectivity index (χ0v) is 13.3. The molecule has 1 aromatic heterocycles. The number of aromatic nitrogens is 2. The molecule has 1 atom stereocenters. The monoisotopic (exact) mass is 354 g/mol. The summed E-state index contributed by atoms with van der Waals surface area (Å²) < 4.78 is 38.1. The Morgan fingerprint density at radius 3 is 2.56 bits per heavy atom. The Kier molecular flexibility index (Phi) is 5.92. The van der Waals surface area contributed by atoms with Crippen molar-refractivity contribution < 1.29 is 23.1 Å². The van der Waals surface area contributed by atoms with Crippen molar-refractivity contribution >= 4 is 11.9 Å². The van der Waals surface area contributed by atoms with Crippen molar-refractivity contribution in [3.63, 3.8) is 0 Å². The normalized spacial score (nSPS) is 12.5. The number of rotatable bonds is 6. The van der Waals surface area contributed by atoms with E-state index in [2.05, 4.69) is 20.6 Å². The van der Waals surface area contributed by atoms with E-state index in [0.717, 1.165) is 12.1 Å². The van der Waals surface area contributed by atoms with Gasteiger partial charge in [-0.3, -0.25) is 4.79 Å². The zero-order valence-electron chi connectivity index (χ0n) is 13.3. The van der Waals surface area contributed by atoms with Crippen molar-refractivity contribution in [3.05, 3.63) is 53.3 Å². The third kappa shape index (κ3) is 5.15. The largest absolute Gasteiger partial charge is 0.416 e. The van der Waals surface area contributed by atoms with E-state index in [0.29, 0.717) is 12.5 Å². The molecule has 25 heavy (non-hydrogen) atoms. The van der Waals surface area contributed by atoms with Crippen molar-refractivity contribution in [2.75, 3.05) is 18.4 Å². The molecule has 0 saturated heterocycles. The van der Waals surface area contributed by atoms with E-state index >= 15 is 0 Å². The summed E-state index contributed by atoms with van der Waals surface area (Å²) in [5, 5.41) is 15.3. The number of halogens is 3. The summed E-state index contributed by atoms with van der Waals surface area (Å²) >= 11 is 0. The van der Waals surface area contributed by atoms with Crippen LogP contribution in [-0.4, -0.2) is 34.1 Å². The Hall–Kier alpha value is -2.68. The van der Waals surface area contributed by atoms with Gasteiger partial charge in [-0.05, 0) is 24.6 Å². The second kappa shape index (κ2) is 7.93. The number of nitrogens with zero attached hydrogens (tertiary/aromatic N) is 2. The van der Waals surface area contributed by atoms with Crippen molar-refractivity contribution in [1.29, 1.82) is 0 Å². The number of benzene rings is 1. The van der Waals surface area contributed by atoms with E-state index in [1.54, 1.807) is 0 Å². The van der Waals surface area contributed by atoms with Gasteiger partial charge in [0.05, 0.1) is 17.2 Å². The fraction of sp³-hybridized carbons (Fsp3) is 0.312. The highest BCUT2D eigenvalue weighted by Crippen LogP contribution is 2.30. The lowest BCUT2D eigenvalue weighted by atomic mass is 10.1. The van der Waals surface area contributed by atoms with Crippen LogP contribution in [0.1, 0.15) is 34.5 Å². The van der Waals surface area contributed by atoms with Crippen LogP contribution in [-0.2, 0) is 6.18 Å². The molecule has 0 unspecified atom stereocenters. The molecule has 0 aliphatic rings. The van der Waals surface area contributed by atoms with E-state index in [1.807, 2.05) is 6.92 Å². The molecule has 1 aromatic carbocycles. The third-order valence-corrected chi connectivity index (χ3v) is 3.30. The summed E-state index contributed by atoms with van der Waals surface area (Å²) in [6.07, 6.45) is -3.13. The molecule has 134 valence electrons. The Labute approximate surface area is 142 Å². The fourth-order valence-corrected chi connectivity index (χ4v) is 2.03. The van der Waals surface area contributed by atoms with Gasteiger partial charge in [-0.2, -0.15) is 13.2 Å². The lowest BCUT2D eigenvalue weighted by molar-refractivity contribution is -0.137. The van der Waals surface area contributed by atoms with Crippen LogP contribution < -0.4 is 10.6 Å². The zero-order chi connectivity index (χ0) is 18.4. The number of hydrogen-bond acceptors (Lipinski definition) is 5. The number of alkyl halides is 3. The summed E-state index contributed by atoms with van der Waals surface area (Å²) in [5.74, 6) is -0.155. The average molecular weight is 354 g/mol. The molecule has 0 aliphatic heterocycles. The van der Waals surface area contributed by atoms with Gasteiger partial charge in [-0.1, -0.05) is 12.1 Å². The van der Waals surface area contributed by atoms with Gasteiger partial charge in [0, 0.05) is 25.5 Å². The quantitative estimate of drug-likeness (QED) is 0.741. The minimum absolute atomic E-state index is 0.0638. The maximum Gasteiger partial charge on any atom is 0.416 e. The lowest BCUT2D eigenvalue weighted by Crippen LogP contribution is -2.28. The third-order valence-electron chi connectivity index (χ3n) is 3.30. The first-order chi connectivity index (χ1) is 11.8. The van der Waals surface area contributed by atoms with E-state index in [1.165, 1.54) is 24.5 Å². The Morgan fingerprint density at radius 1 is 1.28 bits per heavy atom. The molecule has 3 N–H and O–H groups in total. The first kappa shape index (κ1) is 18.7. The molecule has 0 spiro atoms. The summed E-state index contributed by atoms with van der Waals surface area (Å²) in [7, 11) is 0. The van der Waals surface area contributed by atoms with E-state index in [9.17, 15) is 23.1 Å². The van der Waals surface area contributed by atoms with Gasteiger partial charge in [0.15, 0.2) is 0 Å². The highest BCUT2D eigenvalue weighted by molar-refractivity contribution is 5.93. The maximum absolute atomic E-state index is 12.7. The molecular weight excluding hydrogens is 337 g/mol. The van der Waals surface area contributed by atoms with Crippen LogP contribution in [0.2, 0.25) is 0 Å². The predicted molar refractivity (Wildman–Crippen MR) is 84.9 cm³/mol. The van der Waals surface area contributed by atoms with Gasteiger partial charge in [0.2, 0.25) is 5.95 Å². The smallest absolute Gasteiger partial charge is 0.387 e. The van der Waals surface area contributed by atoms with E-state index in [4.69, 9.17) is 0 Å². The molecule has 0 aliphatic carbocycles. The highest BCUT2D eigenvalue weighted by Gasteiger charge is 2.30. The molecule has 0 radical (unpaired) electrons. The number of aliphatic hydroxyl groups is 1. The van der Waals surface area contributed by atoms with Crippen molar-refractivity contribution in [2.24, 2.45) is 0 Å². The Bertz CT molecular complexity index is 720. The van der Waals surface area contributed by atoms with Crippen molar-refractivity contribution in [3.8, 4) is 0 Å². The van der Waals surface area contributed by atoms with Crippen LogP contribution in [0.4, 0.5) is 19.1 Å². The van der Waals surface area contributed by atoms with Crippen molar-refractivity contribution in [1.82, 2.24) is 15.3 Å². The standard InChI is InChI=1S/C16H17F3N4O2/c1-2-20-15-22-7-11(8-23-15)14(25)21-9-13(24)10-4-3-5-12(6-10)16(17,18)19/h3-8,13,24H,2,9H2,1H3,(H,21,25)(H,20,22,23)/t13-/m1/s1. The summed E-state index contributed by atoms with van der Waals surface area (Å²) in [4.78, 5) is 19.9. The summed E-state index contributed by atoms with van der Waals surface area (Å²) in [6.45, 7) is 2.27. The fourth-order valence-electron chi connectivity index (χ4n) is 2.03. The number of amides is 1. The second-order valence-electron chi connectivity index (χ2n) is 5.17. The van der Waals surface area contributed by atoms with Crippen LogP contribution in [0.3, 0.4) is 0 Å². The number of anilines is 1. The van der Waals surface area contributed by atoms with Gasteiger partial charge >= 0.3 is 6.18 Å². The predicted octanol–water partition coefficient (Wildman–Crippen LogP) is 2.39. The van der Waals surface area contributed by atoms with E-state index in [-0.39, 0.29) is 17.7 Å². The van der Waals surface area contributed by atoms with Crippen LogP contribution in [0.5, 0.6) is 0 Å². The van der Waals surface area contributed by atoms with Crippen LogP contribution in [0, 0.1) is 0 Å². The number of nitrogens with one attached hydrogen (secondary N) is 2. The van der Waals surface area contributed by atoms with Crippen LogP contribution in [0.25, 0.3) is 0 Å². The minimum Gasteiger partial charge on any atom is -0.387 e. The lowest BCUT2D eigenvalue weighted by Gasteiger charge is -2.14. The second-order valence-corrected chi connectivity index (χ2v) is 5.17. The first-order valence-electron chi connectivity index (χ1n) is 7.50. The number of carbonyl (C=O) groups excluding carboxylic acids is 1. The highest BCUT2D eigenvalue weighted by atomic mass is 19.4. The molecular formula is C16H17F3N4O2. The van der Waals surface area contributed by atoms with Gasteiger partial charge in [0.25, 0.3) is 5.91 Å². The molecule has 1 heterocycles. The molecule has 0 bridgehead atoms. The van der Waals surface area contributed by atoms with Crippen LogP contribution in [0.15, 0.2) is 36.7 Å². The first-order valence-corrected chi connectivity index (χ1v) is 7.50. The van der Waals surface area contributed by atoms with Gasteiger partial charge in [0.1, 0.15) is 0 Å². The molecule has 6 nitrogen and oxygen atoms in total. The number of hydrogen-bond donors (Lipinski definition) is 3. The van der Waals surface area contributed by atoms with E-state index < -0.39 is 23.8 Å². The van der Waals surface area contributed by atoms with Gasteiger partial charge < -0.3 is 15.7 Å². The Balaban J connectivity index is 1.97. The summed E-state index contributed by atoms with van der Waals surface area (Å²) in [5.41, 5.74) is -0.616. The molecule has 0 saturated carbocycles. The average Bonchev–Trinajstić information content (AvgIpc) is 2.59. The van der Waals surface area contributed by atoms with Crippen molar-refractivity contribution in [2.45, 2.75) is 19.2 Å². The topological polar surface area (TPSA) is 87.1 Å². The SMILES string of the molecule is CCNc1ncc(C(=O)NC[C@@H](O)c2cccc(C(F)(F)F)c2)cn1. The molecule has 2 rings (SSSR count).